The molecule has 2 rings (SSSR count). The number of hydrogen-bond donors (Lipinski definition) is 2. The van der Waals surface area contributed by atoms with Crippen LogP contribution in [0.3, 0.4) is 0 Å². The van der Waals surface area contributed by atoms with Crippen LogP contribution in [0.5, 0.6) is 0 Å². The summed E-state index contributed by atoms with van der Waals surface area (Å²) in [4.78, 5) is 0. The van der Waals surface area contributed by atoms with Gasteiger partial charge >= 0.3 is 0 Å². The maximum absolute atomic E-state index is 9.21. The van der Waals surface area contributed by atoms with Gasteiger partial charge in [-0.25, -0.2) is 0 Å². The van der Waals surface area contributed by atoms with Crippen LogP contribution in [0.15, 0.2) is 0 Å². The number of nitrogens with two attached hydrogens (primary N) is 1. The first-order valence-corrected chi connectivity index (χ1v) is 3.46. The molecular formula is C6H13Cl2NO3. The standard InChI is InChI=1S/C6H11NO3.2ClH/c7-3-1-9-6-4(8)2-10-5(3)6;;/h3-6,8H,1-2,7H2;2*1H/t3-,4-,5-,6-;;/m1../s1. The molecule has 0 saturated carbocycles. The van der Waals surface area contributed by atoms with E-state index in [9.17, 15) is 5.11 Å². The third kappa shape index (κ3) is 1.84. The molecule has 0 bridgehead atoms. The van der Waals surface area contributed by atoms with Gasteiger partial charge in [-0.15, -0.1) is 24.8 Å². The van der Waals surface area contributed by atoms with Crippen molar-refractivity contribution in [2.45, 2.75) is 24.4 Å². The zero-order valence-electron chi connectivity index (χ0n) is 6.38. The second kappa shape index (κ2) is 4.60. The van der Waals surface area contributed by atoms with Gasteiger partial charge in [-0.3, -0.25) is 0 Å². The lowest BCUT2D eigenvalue weighted by atomic mass is 10.1. The third-order valence-electron chi connectivity index (χ3n) is 2.07. The highest BCUT2D eigenvalue weighted by Gasteiger charge is 2.45. The molecule has 0 aliphatic carbocycles. The summed E-state index contributed by atoms with van der Waals surface area (Å²) in [6.07, 6.45) is -0.719. The zero-order valence-corrected chi connectivity index (χ0v) is 8.01. The molecule has 0 unspecified atom stereocenters. The van der Waals surface area contributed by atoms with Gasteiger partial charge in [-0.05, 0) is 0 Å². The lowest BCUT2D eigenvalue weighted by Gasteiger charge is -2.10. The molecule has 2 aliphatic heterocycles. The zero-order chi connectivity index (χ0) is 7.14. The molecule has 0 amide bonds. The van der Waals surface area contributed by atoms with Gasteiger partial charge in [-0.2, -0.15) is 0 Å². The van der Waals surface area contributed by atoms with Gasteiger partial charge in [0.25, 0.3) is 0 Å². The average molecular weight is 218 g/mol. The van der Waals surface area contributed by atoms with E-state index in [1.165, 1.54) is 0 Å². The average Bonchev–Trinajstić information content (AvgIpc) is 2.41. The van der Waals surface area contributed by atoms with E-state index in [1.54, 1.807) is 0 Å². The molecular weight excluding hydrogens is 205 g/mol. The van der Waals surface area contributed by atoms with Crippen LogP contribution < -0.4 is 5.73 Å². The van der Waals surface area contributed by atoms with E-state index in [2.05, 4.69) is 0 Å². The second-order valence-corrected chi connectivity index (χ2v) is 2.83. The molecule has 3 N–H and O–H groups in total. The summed E-state index contributed by atoms with van der Waals surface area (Å²) in [5.74, 6) is 0. The minimum absolute atomic E-state index is 0. The Kier molecular flexibility index (Phi) is 4.76. The van der Waals surface area contributed by atoms with Crippen molar-refractivity contribution in [3.8, 4) is 0 Å². The molecule has 74 valence electrons. The van der Waals surface area contributed by atoms with E-state index in [1.807, 2.05) is 0 Å². The molecule has 12 heavy (non-hydrogen) atoms. The van der Waals surface area contributed by atoms with Crippen molar-refractivity contribution >= 4 is 24.8 Å². The van der Waals surface area contributed by atoms with Crippen LogP contribution in [0, 0.1) is 0 Å². The van der Waals surface area contributed by atoms with Crippen LogP contribution in [-0.2, 0) is 9.47 Å². The maximum atomic E-state index is 9.21. The van der Waals surface area contributed by atoms with Crippen LogP contribution in [-0.4, -0.2) is 42.7 Å². The molecule has 6 heteroatoms. The molecule has 4 atom stereocenters. The molecule has 0 radical (unpaired) electrons. The lowest BCUT2D eigenvalue weighted by Crippen LogP contribution is -2.36. The minimum Gasteiger partial charge on any atom is -0.388 e. The van der Waals surface area contributed by atoms with Crippen molar-refractivity contribution in [1.29, 1.82) is 0 Å². The Morgan fingerprint density at radius 3 is 2.25 bits per heavy atom. The van der Waals surface area contributed by atoms with Crippen LogP contribution in [0.4, 0.5) is 0 Å². The van der Waals surface area contributed by atoms with Gasteiger partial charge < -0.3 is 20.3 Å². The normalized spacial score (nSPS) is 44.5. The van der Waals surface area contributed by atoms with Gasteiger partial charge in [-0.1, -0.05) is 0 Å². The van der Waals surface area contributed by atoms with Gasteiger partial charge in [0.15, 0.2) is 0 Å². The maximum Gasteiger partial charge on any atom is 0.113 e. The second-order valence-electron chi connectivity index (χ2n) is 2.83. The molecule has 4 nitrogen and oxygen atoms in total. The quantitative estimate of drug-likeness (QED) is 0.565. The van der Waals surface area contributed by atoms with Gasteiger partial charge in [0.05, 0.1) is 19.3 Å². The molecule has 0 spiro atoms. The summed E-state index contributed by atoms with van der Waals surface area (Å²) in [5, 5.41) is 9.21. The number of aliphatic hydroxyl groups excluding tert-OH is 1. The van der Waals surface area contributed by atoms with E-state index in [-0.39, 0.29) is 43.1 Å². The number of fused-ring (bicyclic) bond motifs is 1. The monoisotopic (exact) mass is 217 g/mol. The summed E-state index contributed by atoms with van der Waals surface area (Å²) < 4.78 is 10.4. The highest BCUT2D eigenvalue weighted by molar-refractivity contribution is 5.85. The number of aliphatic hydroxyl groups is 1. The van der Waals surface area contributed by atoms with Crippen LogP contribution in [0.1, 0.15) is 0 Å². The first-order chi connectivity index (χ1) is 4.79. The predicted molar refractivity (Wildman–Crippen MR) is 48.0 cm³/mol. The smallest absolute Gasteiger partial charge is 0.113 e. The van der Waals surface area contributed by atoms with E-state index < -0.39 is 6.10 Å². The van der Waals surface area contributed by atoms with Crippen molar-refractivity contribution < 1.29 is 14.6 Å². The molecule has 0 aromatic rings. The van der Waals surface area contributed by atoms with Crippen molar-refractivity contribution in [3.05, 3.63) is 0 Å². The number of halogens is 2. The van der Waals surface area contributed by atoms with Crippen LogP contribution in [0.25, 0.3) is 0 Å². The summed E-state index contributed by atoms with van der Waals surface area (Å²) in [5.41, 5.74) is 5.62. The Morgan fingerprint density at radius 1 is 1.08 bits per heavy atom. The molecule has 0 aromatic carbocycles. The minimum atomic E-state index is -0.474. The summed E-state index contributed by atoms with van der Waals surface area (Å²) in [7, 11) is 0. The topological polar surface area (TPSA) is 64.7 Å². The van der Waals surface area contributed by atoms with Crippen LogP contribution >= 0.6 is 24.8 Å². The van der Waals surface area contributed by atoms with Gasteiger partial charge in [0, 0.05) is 0 Å². The molecule has 2 heterocycles. The predicted octanol–water partition coefficient (Wildman–Crippen LogP) is -0.684. The molecule has 2 saturated heterocycles. The summed E-state index contributed by atoms with van der Waals surface area (Å²) >= 11 is 0. The first-order valence-electron chi connectivity index (χ1n) is 3.46. The molecule has 0 aromatic heterocycles. The Morgan fingerprint density at radius 2 is 1.67 bits per heavy atom. The summed E-state index contributed by atoms with van der Waals surface area (Å²) in [6, 6.07) is -0.0536. The Hall–Kier alpha value is 0.420. The SMILES string of the molecule is Cl.Cl.N[C@@H]1CO[C@H]2[C@@H]1OC[C@H]2O. The Balaban J connectivity index is 0.000000605. The van der Waals surface area contributed by atoms with Crippen molar-refractivity contribution in [1.82, 2.24) is 0 Å². The highest BCUT2D eigenvalue weighted by atomic mass is 35.5. The van der Waals surface area contributed by atoms with E-state index >= 15 is 0 Å². The molecule has 2 aliphatic rings. The Labute approximate surface area is 83.2 Å². The number of hydrogen-bond acceptors (Lipinski definition) is 4. The van der Waals surface area contributed by atoms with Gasteiger partial charge in [0.1, 0.15) is 18.3 Å². The third-order valence-corrected chi connectivity index (χ3v) is 2.07. The fraction of sp³-hybridized carbons (Fsp3) is 1.00. The highest BCUT2D eigenvalue weighted by Crippen LogP contribution is 2.25. The lowest BCUT2D eigenvalue weighted by molar-refractivity contribution is 0.0182. The van der Waals surface area contributed by atoms with Crippen molar-refractivity contribution in [2.75, 3.05) is 13.2 Å². The van der Waals surface area contributed by atoms with Crippen molar-refractivity contribution in [2.24, 2.45) is 5.73 Å². The first kappa shape index (κ1) is 12.4. The van der Waals surface area contributed by atoms with Crippen LogP contribution in [0.2, 0.25) is 0 Å². The fourth-order valence-corrected chi connectivity index (χ4v) is 1.51. The number of ether oxygens (including phenoxy) is 2. The Bertz CT molecular complexity index is 133. The van der Waals surface area contributed by atoms with Crippen molar-refractivity contribution in [3.63, 3.8) is 0 Å². The van der Waals surface area contributed by atoms with E-state index in [4.69, 9.17) is 15.2 Å². The largest absolute Gasteiger partial charge is 0.388 e. The van der Waals surface area contributed by atoms with E-state index in [0.29, 0.717) is 13.2 Å². The molecule has 2 fully saturated rings. The fourth-order valence-electron chi connectivity index (χ4n) is 1.51. The van der Waals surface area contributed by atoms with E-state index in [0.717, 1.165) is 0 Å². The summed E-state index contributed by atoms with van der Waals surface area (Å²) in [6.45, 7) is 0.870. The van der Waals surface area contributed by atoms with Gasteiger partial charge in [0.2, 0.25) is 0 Å². The number of rotatable bonds is 0.